The monoisotopic (exact) mass is 341 g/mol. The highest BCUT2D eigenvalue weighted by Crippen LogP contribution is 2.12. The summed E-state index contributed by atoms with van der Waals surface area (Å²) in [6.45, 7) is 0. The largest absolute Gasteiger partial charge is 0.316 e. The summed E-state index contributed by atoms with van der Waals surface area (Å²) < 4.78 is 14.8. The van der Waals surface area contributed by atoms with Crippen LogP contribution in [0.5, 0.6) is 0 Å². The van der Waals surface area contributed by atoms with Crippen molar-refractivity contribution >= 4 is 23.7 Å². The van der Waals surface area contributed by atoms with Gasteiger partial charge in [-0.15, -0.1) is 0 Å². The third-order valence-corrected chi connectivity index (χ3v) is 3.61. The maximum absolute atomic E-state index is 13.0. The minimum atomic E-state index is -0.331. The van der Waals surface area contributed by atoms with Crippen LogP contribution in [0.2, 0.25) is 5.02 Å². The number of carbonyl (C=O) groups is 1. The number of hydrogen-bond acceptors (Lipinski definition) is 2. The molecule has 0 atom stereocenters. The zero-order valence-corrected chi connectivity index (χ0v) is 13.2. The maximum Gasteiger partial charge on any atom is 0.271 e. The molecule has 0 fully saturated rings. The van der Waals surface area contributed by atoms with E-state index in [0.29, 0.717) is 10.6 Å². The topological polar surface area (TPSA) is 46.4 Å². The number of halogens is 2. The van der Waals surface area contributed by atoms with Crippen molar-refractivity contribution in [1.29, 1.82) is 0 Å². The number of hydrazone groups is 1. The van der Waals surface area contributed by atoms with Crippen LogP contribution in [0.15, 0.2) is 72.0 Å². The molecule has 0 spiro atoms. The van der Waals surface area contributed by atoms with Crippen molar-refractivity contribution in [3.63, 3.8) is 0 Å². The molecule has 0 aliphatic rings. The minimum Gasteiger partial charge on any atom is -0.316 e. The summed E-state index contributed by atoms with van der Waals surface area (Å²) in [6.07, 6.45) is 3.35. The van der Waals surface area contributed by atoms with Crippen LogP contribution in [-0.2, 0) is 0 Å². The molecule has 0 bridgehead atoms. The normalized spacial score (nSPS) is 10.9. The van der Waals surface area contributed by atoms with Gasteiger partial charge < -0.3 is 4.57 Å². The van der Waals surface area contributed by atoms with E-state index in [9.17, 15) is 9.18 Å². The van der Waals surface area contributed by atoms with Crippen LogP contribution in [0.25, 0.3) is 5.69 Å². The van der Waals surface area contributed by atoms with E-state index in [1.807, 2.05) is 22.9 Å². The van der Waals surface area contributed by atoms with Crippen molar-refractivity contribution in [3.8, 4) is 5.69 Å². The number of carbonyl (C=O) groups excluding carboxylic acids is 1. The Morgan fingerprint density at radius 1 is 1.08 bits per heavy atom. The second kappa shape index (κ2) is 7.10. The van der Waals surface area contributed by atoms with Crippen LogP contribution >= 0.6 is 11.6 Å². The maximum atomic E-state index is 13.0. The van der Waals surface area contributed by atoms with Gasteiger partial charge in [-0.1, -0.05) is 11.6 Å². The molecule has 1 amide bonds. The van der Waals surface area contributed by atoms with Crippen molar-refractivity contribution in [1.82, 2.24) is 9.99 Å². The average molecular weight is 342 g/mol. The third-order valence-electron chi connectivity index (χ3n) is 3.35. The molecule has 0 saturated heterocycles. The molecular formula is C18H13ClFN3O. The zero-order chi connectivity index (χ0) is 16.9. The first-order valence-corrected chi connectivity index (χ1v) is 7.53. The van der Waals surface area contributed by atoms with Crippen molar-refractivity contribution < 1.29 is 9.18 Å². The highest BCUT2D eigenvalue weighted by molar-refractivity contribution is 6.30. The lowest BCUT2D eigenvalue weighted by molar-refractivity contribution is 0.0955. The van der Waals surface area contributed by atoms with Crippen molar-refractivity contribution in [2.24, 2.45) is 5.10 Å². The molecule has 0 saturated carbocycles. The lowest BCUT2D eigenvalue weighted by Crippen LogP contribution is -2.17. The Hall–Kier alpha value is -2.92. The molecule has 3 rings (SSSR count). The summed E-state index contributed by atoms with van der Waals surface area (Å²) in [6, 6.07) is 16.3. The first-order chi connectivity index (χ1) is 11.6. The Morgan fingerprint density at radius 3 is 2.50 bits per heavy atom. The molecule has 0 aliphatic heterocycles. The van der Waals surface area contributed by atoms with Gasteiger partial charge in [0.05, 0.1) is 11.9 Å². The average Bonchev–Trinajstić information content (AvgIpc) is 3.04. The van der Waals surface area contributed by atoms with Crippen molar-refractivity contribution in [2.45, 2.75) is 0 Å². The van der Waals surface area contributed by atoms with Gasteiger partial charge in [0.2, 0.25) is 0 Å². The first-order valence-electron chi connectivity index (χ1n) is 7.16. The van der Waals surface area contributed by atoms with Crippen LogP contribution in [0.1, 0.15) is 16.1 Å². The van der Waals surface area contributed by atoms with E-state index in [1.54, 1.807) is 36.4 Å². The van der Waals surface area contributed by atoms with Gasteiger partial charge in [0, 0.05) is 22.5 Å². The van der Waals surface area contributed by atoms with E-state index in [-0.39, 0.29) is 11.7 Å². The Kier molecular flexibility index (Phi) is 4.72. The SMILES string of the molecule is O=C(N/N=C\c1cccn1-c1ccc(F)cc1)c1ccc(Cl)cc1. The Balaban J connectivity index is 1.71. The Labute approximate surface area is 143 Å². The van der Waals surface area contributed by atoms with Crippen molar-refractivity contribution in [2.75, 3.05) is 0 Å². The van der Waals surface area contributed by atoms with Gasteiger partial charge in [0.25, 0.3) is 5.91 Å². The highest BCUT2D eigenvalue weighted by atomic mass is 35.5. The predicted molar refractivity (Wildman–Crippen MR) is 92.2 cm³/mol. The van der Waals surface area contributed by atoms with Gasteiger partial charge in [-0.2, -0.15) is 5.10 Å². The molecule has 0 aliphatic carbocycles. The summed E-state index contributed by atoms with van der Waals surface area (Å²) in [5, 5.41) is 4.53. The van der Waals surface area contributed by atoms with Gasteiger partial charge >= 0.3 is 0 Å². The molecule has 0 radical (unpaired) electrons. The fourth-order valence-electron chi connectivity index (χ4n) is 2.16. The fraction of sp³-hybridized carbons (Fsp3) is 0. The number of amides is 1. The molecule has 6 heteroatoms. The summed E-state index contributed by atoms with van der Waals surface area (Å²) in [4.78, 5) is 12.0. The summed E-state index contributed by atoms with van der Waals surface area (Å²) in [5.41, 5.74) is 4.47. The van der Waals surface area contributed by atoms with Crippen LogP contribution < -0.4 is 5.43 Å². The van der Waals surface area contributed by atoms with Gasteiger partial charge in [-0.3, -0.25) is 4.79 Å². The number of nitrogens with one attached hydrogen (secondary N) is 1. The van der Waals surface area contributed by atoms with Crippen LogP contribution in [0.4, 0.5) is 4.39 Å². The molecule has 1 N–H and O–H groups in total. The second-order valence-corrected chi connectivity index (χ2v) is 5.42. The fourth-order valence-corrected chi connectivity index (χ4v) is 2.28. The lowest BCUT2D eigenvalue weighted by atomic mass is 10.2. The number of benzene rings is 2. The van der Waals surface area contributed by atoms with E-state index < -0.39 is 0 Å². The summed E-state index contributed by atoms with van der Waals surface area (Å²) in [7, 11) is 0. The van der Waals surface area contributed by atoms with Gasteiger partial charge in [0.15, 0.2) is 0 Å². The van der Waals surface area contributed by atoms with Gasteiger partial charge in [0.1, 0.15) is 5.82 Å². The zero-order valence-electron chi connectivity index (χ0n) is 12.5. The minimum absolute atomic E-state index is 0.295. The Morgan fingerprint density at radius 2 is 1.79 bits per heavy atom. The van der Waals surface area contributed by atoms with Crippen molar-refractivity contribution in [3.05, 3.63) is 89.0 Å². The van der Waals surface area contributed by atoms with E-state index in [1.165, 1.54) is 18.3 Å². The van der Waals surface area contributed by atoms with E-state index in [2.05, 4.69) is 10.5 Å². The van der Waals surface area contributed by atoms with Crippen LogP contribution in [-0.4, -0.2) is 16.7 Å². The summed E-state index contributed by atoms with van der Waals surface area (Å²) in [5.74, 6) is -0.626. The Bertz CT molecular complexity index is 870. The first kappa shape index (κ1) is 16.0. The quantitative estimate of drug-likeness (QED) is 0.565. The molecule has 0 unspecified atom stereocenters. The molecular weight excluding hydrogens is 329 g/mol. The molecule has 120 valence electrons. The lowest BCUT2D eigenvalue weighted by Gasteiger charge is -2.06. The number of nitrogens with zero attached hydrogens (tertiary/aromatic N) is 2. The molecule has 1 heterocycles. The third kappa shape index (κ3) is 3.70. The highest BCUT2D eigenvalue weighted by Gasteiger charge is 2.04. The molecule has 4 nitrogen and oxygen atoms in total. The van der Waals surface area contributed by atoms with Crippen LogP contribution in [0, 0.1) is 5.82 Å². The van der Waals surface area contributed by atoms with Gasteiger partial charge in [-0.25, -0.2) is 9.82 Å². The second-order valence-electron chi connectivity index (χ2n) is 4.99. The van der Waals surface area contributed by atoms with Gasteiger partial charge in [-0.05, 0) is 60.7 Å². The number of aromatic nitrogens is 1. The number of hydrogen-bond donors (Lipinski definition) is 1. The molecule has 1 aromatic heterocycles. The summed E-state index contributed by atoms with van der Waals surface area (Å²) >= 11 is 5.79. The van der Waals surface area contributed by atoms with E-state index >= 15 is 0 Å². The predicted octanol–water partition coefficient (Wildman–Crippen LogP) is 4.03. The molecule has 24 heavy (non-hydrogen) atoms. The smallest absolute Gasteiger partial charge is 0.271 e. The van der Waals surface area contributed by atoms with E-state index in [4.69, 9.17) is 11.6 Å². The molecule has 3 aromatic rings. The number of rotatable bonds is 4. The standard InChI is InChI=1S/C18H13ClFN3O/c19-14-5-3-13(4-6-14)18(24)22-21-12-17-2-1-11-23(17)16-9-7-15(20)8-10-16/h1-12H,(H,22,24)/b21-12-. The molecule has 2 aromatic carbocycles. The van der Waals surface area contributed by atoms with E-state index in [0.717, 1.165) is 11.4 Å². The van der Waals surface area contributed by atoms with Crippen LogP contribution in [0.3, 0.4) is 0 Å².